The Kier molecular flexibility index (Phi) is 3.23. The van der Waals surface area contributed by atoms with E-state index in [1.54, 1.807) is 0 Å². The minimum atomic E-state index is -4.58. The lowest BCUT2D eigenvalue weighted by Gasteiger charge is -2.07. The van der Waals surface area contributed by atoms with Gasteiger partial charge in [-0.1, -0.05) is 0 Å². The lowest BCUT2D eigenvalue weighted by Crippen LogP contribution is -2.06. The molecule has 0 radical (unpaired) electrons. The highest BCUT2D eigenvalue weighted by atomic mass is 32.1. The quantitative estimate of drug-likeness (QED) is 0.488. The number of halogens is 3. The maximum atomic E-state index is 12.3. The lowest BCUT2D eigenvalue weighted by atomic mass is 10.1. The van der Waals surface area contributed by atoms with Gasteiger partial charge in [0.25, 0.3) is 5.69 Å². The van der Waals surface area contributed by atoms with Crippen LogP contribution in [0.5, 0.6) is 0 Å². The standard InChI is InChI=1S/C8H6F3NO2S/c9-8(10,11)6-1-5(4-15)2-7(3-6)12(13)14/h1-3,15H,4H2. The average Bonchev–Trinajstić information content (AvgIpc) is 2.15. The summed E-state index contributed by atoms with van der Waals surface area (Å²) in [5.74, 6) is 0.0186. The normalized spacial score (nSPS) is 11.5. The summed E-state index contributed by atoms with van der Waals surface area (Å²) in [6.45, 7) is 0. The van der Waals surface area contributed by atoms with E-state index in [1.807, 2.05) is 0 Å². The molecule has 0 atom stereocenters. The smallest absolute Gasteiger partial charge is 0.258 e. The minimum Gasteiger partial charge on any atom is -0.258 e. The third-order valence-corrected chi connectivity index (χ3v) is 2.06. The highest BCUT2D eigenvalue weighted by molar-refractivity contribution is 7.79. The molecule has 1 aromatic rings. The number of alkyl halides is 3. The topological polar surface area (TPSA) is 43.1 Å². The third-order valence-electron chi connectivity index (χ3n) is 1.70. The Labute approximate surface area is 88.5 Å². The van der Waals surface area contributed by atoms with Gasteiger partial charge >= 0.3 is 6.18 Å². The zero-order valence-corrected chi connectivity index (χ0v) is 8.18. The van der Waals surface area contributed by atoms with Crippen LogP contribution in [0.3, 0.4) is 0 Å². The summed E-state index contributed by atoms with van der Waals surface area (Å²) in [7, 11) is 0. The molecule has 0 aliphatic carbocycles. The van der Waals surface area contributed by atoms with Crippen LogP contribution in [0.1, 0.15) is 11.1 Å². The third kappa shape index (κ3) is 2.85. The van der Waals surface area contributed by atoms with Crippen LogP contribution in [0, 0.1) is 10.1 Å². The Morgan fingerprint density at radius 1 is 1.33 bits per heavy atom. The molecule has 0 heterocycles. The van der Waals surface area contributed by atoms with Crippen molar-refractivity contribution in [3.8, 4) is 0 Å². The van der Waals surface area contributed by atoms with E-state index in [4.69, 9.17) is 0 Å². The van der Waals surface area contributed by atoms with E-state index >= 15 is 0 Å². The van der Waals surface area contributed by atoms with Gasteiger partial charge in [-0.2, -0.15) is 25.8 Å². The second kappa shape index (κ2) is 4.09. The second-order valence-corrected chi connectivity index (χ2v) is 3.12. The zero-order chi connectivity index (χ0) is 11.6. The Balaban J connectivity index is 3.30. The highest BCUT2D eigenvalue weighted by Crippen LogP contribution is 2.32. The maximum absolute atomic E-state index is 12.3. The Morgan fingerprint density at radius 3 is 2.33 bits per heavy atom. The molecule has 0 aliphatic rings. The van der Waals surface area contributed by atoms with E-state index < -0.39 is 22.4 Å². The van der Waals surface area contributed by atoms with Crippen molar-refractivity contribution in [1.29, 1.82) is 0 Å². The summed E-state index contributed by atoms with van der Waals surface area (Å²) < 4.78 is 36.9. The molecule has 1 rings (SSSR count). The monoisotopic (exact) mass is 237 g/mol. The van der Waals surface area contributed by atoms with Crippen LogP contribution in [0.15, 0.2) is 18.2 Å². The molecule has 0 amide bonds. The minimum absolute atomic E-state index is 0.0186. The van der Waals surface area contributed by atoms with Gasteiger partial charge in [-0.3, -0.25) is 10.1 Å². The van der Waals surface area contributed by atoms with Crippen molar-refractivity contribution in [3.05, 3.63) is 39.4 Å². The number of thiol groups is 1. The van der Waals surface area contributed by atoms with Crippen molar-refractivity contribution in [2.24, 2.45) is 0 Å². The first kappa shape index (κ1) is 11.8. The molecule has 0 saturated carbocycles. The van der Waals surface area contributed by atoms with Gasteiger partial charge < -0.3 is 0 Å². The van der Waals surface area contributed by atoms with E-state index in [0.717, 1.165) is 12.1 Å². The largest absolute Gasteiger partial charge is 0.416 e. The zero-order valence-electron chi connectivity index (χ0n) is 7.28. The van der Waals surface area contributed by atoms with Gasteiger partial charge in [0.15, 0.2) is 0 Å². The molecule has 0 unspecified atom stereocenters. The average molecular weight is 237 g/mol. The number of rotatable bonds is 2. The van der Waals surface area contributed by atoms with Crippen LogP contribution < -0.4 is 0 Å². The van der Waals surface area contributed by atoms with Gasteiger partial charge in [0.2, 0.25) is 0 Å². The summed E-state index contributed by atoms with van der Waals surface area (Å²) in [5.41, 5.74) is -1.44. The van der Waals surface area contributed by atoms with Crippen molar-refractivity contribution < 1.29 is 18.1 Å². The maximum Gasteiger partial charge on any atom is 0.416 e. The summed E-state index contributed by atoms with van der Waals surface area (Å²) in [4.78, 5) is 9.50. The van der Waals surface area contributed by atoms with Gasteiger partial charge in [0.1, 0.15) is 0 Å². The van der Waals surface area contributed by atoms with Gasteiger partial charge in [-0.25, -0.2) is 0 Å². The summed E-state index contributed by atoms with van der Waals surface area (Å²) in [6, 6.07) is 2.43. The number of nitro benzene ring substituents is 1. The summed E-state index contributed by atoms with van der Waals surface area (Å²) >= 11 is 3.78. The molecule has 0 fully saturated rings. The first-order chi connectivity index (χ1) is 6.84. The molecule has 7 heteroatoms. The number of nitrogens with zero attached hydrogens (tertiary/aromatic N) is 1. The van der Waals surface area contributed by atoms with Gasteiger partial charge in [-0.15, -0.1) is 0 Å². The fourth-order valence-electron chi connectivity index (χ4n) is 1.03. The van der Waals surface area contributed by atoms with E-state index in [9.17, 15) is 23.3 Å². The van der Waals surface area contributed by atoms with Crippen LogP contribution in [0.4, 0.5) is 18.9 Å². The predicted octanol–water partition coefficient (Wildman–Crippen LogP) is 3.04. The van der Waals surface area contributed by atoms with Crippen molar-refractivity contribution >= 4 is 18.3 Å². The van der Waals surface area contributed by atoms with Crippen LogP contribution in [0.2, 0.25) is 0 Å². The number of benzene rings is 1. The molecule has 0 bridgehead atoms. The molecule has 3 nitrogen and oxygen atoms in total. The van der Waals surface area contributed by atoms with Crippen molar-refractivity contribution in [2.75, 3.05) is 0 Å². The lowest BCUT2D eigenvalue weighted by molar-refractivity contribution is -0.385. The fourth-order valence-corrected chi connectivity index (χ4v) is 1.22. The van der Waals surface area contributed by atoms with E-state index in [2.05, 4.69) is 12.6 Å². The van der Waals surface area contributed by atoms with E-state index in [0.29, 0.717) is 6.07 Å². The highest BCUT2D eigenvalue weighted by Gasteiger charge is 2.32. The second-order valence-electron chi connectivity index (χ2n) is 2.80. The number of hydrogen-bond acceptors (Lipinski definition) is 3. The van der Waals surface area contributed by atoms with E-state index in [1.165, 1.54) is 0 Å². The first-order valence-corrected chi connectivity index (χ1v) is 4.44. The molecule has 0 N–H and O–H groups in total. The molecule has 0 aromatic heterocycles. The fraction of sp³-hybridized carbons (Fsp3) is 0.250. The van der Waals surface area contributed by atoms with Crippen molar-refractivity contribution in [1.82, 2.24) is 0 Å². The number of hydrogen-bond donors (Lipinski definition) is 1. The van der Waals surface area contributed by atoms with Crippen LogP contribution in [-0.2, 0) is 11.9 Å². The summed E-state index contributed by atoms with van der Waals surface area (Å²) in [6.07, 6.45) is -4.58. The molecule has 0 spiro atoms. The number of non-ortho nitro benzene ring substituents is 1. The van der Waals surface area contributed by atoms with Crippen molar-refractivity contribution in [3.63, 3.8) is 0 Å². The van der Waals surface area contributed by atoms with Gasteiger partial charge in [-0.05, 0) is 11.6 Å². The molecule has 15 heavy (non-hydrogen) atoms. The molecule has 1 aromatic carbocycles. The van der Waals surface area contributed by atoms with Gasteiger partial charge in [0.05, 0.1) is 10.5 Å². The molecule has 0 saturated heterocycles. The SMILES string of the molecule is O=[N+]([O-])c1cc(CS)cc(C(F)(F)F)c1. The number of nitro groups is 1. The Bertz CT molecular complexity index is 392. The van der Waals surface area contributed by atoms with Crippen LogP contribution in [0.25, 0.3) is 0 Å². The van der Waals surface area contributed by atoms with Crippen LogP contribution >= 0.6 is 12.6 Å². The van der Waals surface area contributed by atoms with Gasteiger partial charge in [0, 0.05) is 17.9 Å². The molecule has 82 valence electrons. The molecular formula is C8H6F3NO2S. The Morgan fingerprint density at radius 2 is 1.93 bits per heavy atom. The van der Waals surface area contributed by atoms with Crippen molar-refractivity contribution in [2.45, 2.75) is 11.9 Å². The Hall–Kier alpha value is -1.24. The summed E-state index contributed by atoms with van der Waals surface area (Å²) in [5, 5.41) is 10.4. The molecular weight excluding hydrogens is 231 g/mol. The predicted molar refractivity (Wildman–Crippen MR) is 50.8 cm³/mol. The first-order valence-electron chi connectivity index (χ1n) is 3.81. The molecule has 0 aliphatic heterocycles. The van der Waals surface area contributed by atoms with Crippen LogP contribution in [-0.4, -0.2) is 4.92 Å². The van der Waals surface area contributed by atoms with E-state index in [-0.39, 0.29) is 11.3 Å².